The summed E-state index contributed by atoms with van der Waals surface area (Å²) in [5.74, 6) is 1.87. The van der Waals surface area contributed by atoms with Gasteiger partial charge in [-0.05, 0) is 18.6 Å². The standard InChI is InChI=1S/C14H18N4O2/c1-4-7-16-14-13(20-3)12(17-9-18-14)11-10(19-2)6-5-8-15-11/h5-6,8-9H,4,7H2,1-3H3,(H,16,17,18). The first kappa shape index (κ1) is 14.0. The van der Waals surface area contributed by atoms with E-state index in [0.717, 1.165) is 13.0 Å². The van der Waals surface area contributed by atoms with Crippen LogP contribution in [-0.2, 0) is 0 Å². The molecule has 0 atom stereocenters. The Morgan fingerprint density at radius 2 is 1.95 bits per heavy atom. The number of hydrogen-bond acceptors (Lipinski definition) is 6. The minimum absolute atomic E-state index is 0.568. The minimum atomic E-state index is 0.568. The second kappa shape index (κ2) is 6.70. The van der Waals surface area contributed by atoms with E-state index < -0.39 is 0 Å². The number of rotatable bonds is 6. The SMILES string of the molecule is CCCNc1ncnc(-c2ncccc2OC)c1OC. The van der Waals surface area contributed by atoms with E-state index in [9.17, 15) is 0 Å². The lowest BCUT2D eigenvalue weighted by Gasteiger charge is -2.13. The van der Waals surface area contributed by atoms with E-state index in [4.69, 9.17) is 9.47 Å². The summed E-state index contributed by atoms with van der Waals surface area (Å²) >= 11 is 0. The molecular formula is C14H18N4O2. The van der Waals surface area contributed by atoms with Gasteiger partial charge in [-0.1, -0.05) is 6.92 Å². The summed E-state index contributed by atoms with van der Waals surface area (Å²) in [4.78, 5) is 12.8. The molecule has 2 aromatic heterocycles. The van der Waals surface area contributed by atoms with Gasteiger partial charge in [0.05, 0.1) is 14.2 Å². The molecule has 0 unspecified atom stereocenters. The van der Waals surface area contributed by atoms with Crippen LogP contribution in [0.5, 0.6) is 11.5 Å². The molecule has 2 aromatic rings. The molecule has 2 heterocycles. The van der Waals surface area contributed by atoms with E-state index in [0.29, 0.717) is 28.7 Å². The van der Waals surface area contributed by atoms with Crippen LogP contribution in [-0.4, -0.2) is 35.7 Å². The molecule has 20 heavy (non-hydrogen) atoms. The quantitative estimate of drug-likeness (QED) is 0.872. The Labute approximate surface area is 118 Å². The predicted octanol–water partition coefficient (Wildman–Crippen LogP) is 2.38. The summed E-state index contributed by atoms with van der Waals surface area (Å²) in [5.41, 5.74) is 1.24. The number of anilines is 1. The van der Waals surface area contributed by atoms with Gasteiger partial charge in [-0.3, -0.25) is 4.98 Å². The van der Waals surface area contributed by atoms with Crippen LogP contribution < -0.4 is 14.8 Å². The summed E-state index contributed by atoms with van der Waals surface area (Å²) in [6.45, 7) is 2.90. The molecule has 0 radical (unpaired) electrons. The fourth-order valence-corrected chi connectivity index (χ4v) is 1.84. The summed E-state index contributed by atoms with van der Waals surface area (Å²) in [7, 11) is 3.19. The molecule has 0 saturated carbocycles. The van der Waals surface area contributed by atoms with Crippen LogP contribution in [0.2, 0.25) is 0 Å². The lowest BCUT2D eigenvalue weighted by atomic mass is 10.2. The van der Waals surface area contributed by atoms with Crippen LogP contribution in [0.1, 0.15) is 13.3 Å². The van der Waals surface area contributed by atoms with Gasteiger partial charge in [0.2, 0.25) is 0 Å². The molecule has 2 rings (SSSR count). The van der Waals surface area contributed by atoms with E-state index in [1.807, 2.05) is 12.1 Å². The highest BCUT2D eigenvalue weighted by molar-refractivity contribution is 5.73. The lowest BCUT2D eigenvalue weighted by molar-refractivity contribution is 0.407. The predicted molar refractivity (Wildman–Crippen MR) is 77.1 cm³/mol. The maximum absolute atomic E-state index is 5.44. The van der Waals surface area contributed by atoms with Gasteiger partial charge in [-0.2, -0.15) is 0 Å². The third kappa shape index (κ3) is 2.79. The first-order valence-electron chi connectivity index (χ1n) is 6.44. The molecule has 0 spiro atoms. The Kier molecular flexibility index (Phi) is 4.70. The van der Waals surface area contributed by atoms with Crippen molar-refractivity contribution in [3.63, 3.8) is 0 Å². The number of nitrogens with zero attached hydrogens (tertiary/aromatic N) is 3. The second-order valence-corrected chi connectivity index (χ2v) is 4.09. The third-order valence-corrected chi connectivity index (χ3v) is 2.77. The number of methoxy groups -OCH3 is 2. The zero-order valence-electron chi connectivity index (χ0n) is 11.9. The molecule has 106 valence electrons. The Morgan fingerprint density at radius 1 is 1.10 bits per heavy atom. The Hall–Kier alpha value is -2.37. The maximum atomic E-state index is 5.44. The van der Waals surface area contributed by atoms with Crippen molar-refractivity contribution < 1.29 is 9.47 Å². The van der Waals surface area contributed by atoms with Crippen molar-refractivity contribution in [1.29, 1.82) is 0 Å². The summed E-state index contributed by atoms with van der Waals surface area (Å²) in [6, 6.07) is 3.65. The topological polar surface area (TPSA) is 69.2 Å². The number of hydrogen-bond donors (Lipinski definition) is 1. The summed E-state index contributed by atoms with van der Waals surface area (Å²) in [6.07, 6.45) is 4.18. The molecular weight excluding hydrogens is 256 g/mol. The van der Waals surface area contributed by atoms with E-state index in [-0.39, 0.29) is 0 Å². The summed E-state index contributed by atoms with van der Waals surface area (Å²) < 4.78 is 10.8. The van der Waals surface area contributed by atoms with Gasteiger partial charge in [0.15, 0.2) is 11.6 Å². The summed E-state index contributed by atoms with van der Waals surface area (Å²) in [5, 5.41) is 3.22. The van der Waals surface area contributed by atoms with Crippen molar-refractivity contribution >= 4 is 5.82 Å². The monoisotopic (exact) mass is 274 g/mol. The van der Waals surface area contributed by atoms with Crippen LogP contribution in [0.3, 0.4) is 0 Å². The van der Waals surface area contributed by atoms with Gasteiger partial charge < -0.3 is 14.8 Å². The van der Waals surface area contributed by atoms with Gasteiger partial charge in [0, 0.05) is 12.7 Å². The highest BCUT2D eigenvalue weighted by Crippen LogP contribution is 2.36. The maximum Gasteiger partial charge on any atom is 0.189 e. The van der Waals surface area contributed by atoms with Gasteiger partial charge in [0.25, 0.3) is 0 Å². The van der Waals surface area contributed by atoms with Crippen molar-refractivity contribution in [1.82, 2.24) is 15.0 Å². The highest BCUT2D eigenvalue weighted by Gasteiger charge is 2.17. The first-order valence-corrected chi connectivity index (χ1v) is 6.44. The van der Waals surface area contributed by atoms with Gasteiger partial charge in [-0.15, -0.1) is 0 Å². The van der Waals surface area contributed by atoms with Crippen LogP contribution in [0.25, 0.3) is 11.4 Å². The van der Waals surface area contributed by atoms with Crippen molar-refractivity contribution in [2.45, 2.75) is 13.3 Å². The Bertz CT molecular complexity index is 575. The van der Waals surface area contributed by atoms with E-state index in [1.165, 1.54) is 6.33 Å². The van der Waals surface area contributed by atoms with Gasteiger partial charge in [-0.25, -0.2) is 9.97 Å². The highest BCUT2D eigenvalue weighted by atomic mass is 16.5. The number of aromatic nitrogens is 3. The second-order valence-electron chi connectivity index (χ2n) is 4.09. The van der Waals surface area contributed by atoms with Gasteiger partial charge >= 0.3 is 0 Å². The molecule has 6 nitrogen and oxygen atoms in total. The largest absolute Gasteiger partial charge is 0.494 e. The molecule has 0 bridgehead atoms. The normalized spacial score (nSPS) is 10.2. The zero-order valence-corrected chi connectivity index (χ0v) is 11.9. The van der Waals surface area contributed by atoms with E-state index in [2.05, 4.69) is 27.2 Å². The van der Waals surface area contributed by atoms with Crippen LogP contribution in [0, 0.1) is 0 Å². The third-order valence-electron chi connectivity index (χ3n) is 2.77. The molecule has 1 N–H and O–H groups in total. The molecule has 0 aromatic carbocycles. The molecule has 0 saturated heterocycles. The zero-order chi connectivity index (χ0) is 14.4. The van der Waals surface area contributed by atoms with Crippen LogP contribution >= 0.6 is 0 Å². The van der Waals surface area contributed by atoms with E-state index >= 15 is 0 Å². The fourth-order valence-electron chi connectivity index (χ4n) is 1.84. The van der Waals surface area contributed by atoms with E-state index in [1.54, 1.807) is 20.4 Å². The van der Waals surface area contributed by atoms with Crippen molar-refractivity contribution in [3.8, 4) is 22.9 Å². The molecule has 0 aliphatic carbocycles. The molecule has 0 aliphatic rings. The molecule has 0 fully saturated rings. The number of ether oxygens (including phenoxy) is 2. The molecule has 0 aliphatic heterocycles. The smallest absolute Gasteiger partial charge is 0.189 e. The molecule has 6 heteroatoms. The van der Waals surface area contributed by atoms with Crippen molar-refractivity contribution in [2.75, 3.05) is 26.1 Å². The Balaban J connectivity index is 2.50. The minimum Gasteiger partial charge on any atom is -0.494 e. The number of nitrogens with one attached hydrogen (secondary N) is 1. The van der Waals surface area contributed by atoms with Crippen LogP contribution in [0.4, 0.5) is 5.82 Å². The Morgan fingerprint density at radius 3 is 2.65 bits per heavy atom. The average Bonchev–Trinajstić information content (AvgIpc) is 2.52. The van der Waals surface area contributed by atoms with Crippen molar-refractivity contribution in [3.05, 3.63) is 24.7 Å². The lowest BCUT2D eigenvalue weighted by Crippen LogP contribution is -2.06. The number of pyridine rings is 1. The average molecular weight is 274 g/mol. The van der Waals surface area contributed by atoms with Gasteiger partial charge in [0.1, 0.15) is 23.5 Å². The van der Waals surface area contributed by atoms with Crippen molar-refractivity contribution in [2.24, 2.45) is 0 Å². The first-order chi connectivity index (χ1) is 9.81. The fraction of sp³-hybridized carbons (Fsp3) is 0.357. The van der Waals surface area contributed by atoms with Crippen LogP contribution in [0.15, 0.2) is 24.7 Å². The molecule has 0 amide bonds.